The lowest BCUT2D eigenvalue weighted by molar-refractivity contribution is -0.116. The summed E-state index contributed by atoms with van der Waals surface area (Å²) in [6, 6.07) is 12.5. The number of anilines is 1. The Morgan fingerprint density at radius 3 is 2.24 bits per heavy atom. The maximum Gasteiger partial charge on any atom is 0.331 e. The number of carbonyl (C=O) groups excluding carboxylic acids is 1. The van der Waals surface area contributed by atoms with E-state index >= 15 is 0 Å². The number of amides is 1. The molecule has 0 saturated carbocycles. The molecule has 1 amide bonds. The average Bonchev–Trinajstić information content (AvgIpc) is 2.72. The van der Waals surface area contributed by atoms with Crippen molar-refractivity contribution in [1.29, 1.82) is 0 Å². The van der Waals surface area contributed by atoms with E-state index in [2.05, 4.69) is 5.32 Å². The third-order valence-electron chi connectivity index (χ3n) is 4.63. The molecule has 0 aliphatic carbocycles. The first-order valence-corrected chi connectivity index (χ1v) is 10.8. The molecule has 0 saturated heterocycles. The number of fused-ring (bicyclic) bond motifs is 1. The van der Waals surface area contributed by atoms with Crippen molar-refractivity contribution >= 4 is 32.3 Å². The van der Waals surface area contributed by atoms with E-state index in [0.717, 1.165) is 4.57 Å². The lowest BCUT2D eigenvalue weighted by Crippen LogP contribution is -2.41. The summed E-state index contributed by atoms with van der Waals surface area (Å²) in [6.07, 6.45) is 0. The second-order valence-corrected chi connectivity index (χ2v) is 8.69. The molecule has 9 heteroatoms. The largest absolute Gasteiger partial charge is 0.331 e. The van der Waals surface area contributed by atoms with Crippen LogP contribution in [-0.4, -0.2) is 29.2 Å². The van der Waals surface area contributed by atoms with E-state index in [1.54, 1.807) is 38.1 Å². The fourth-order valence-corrected chi connectivity index (χ4v) is 3.94. The van der Waals surface area contributed by atoms with E-state index in [9.17, 15) is 22.8 Å². The predicted octanol–water partition coefficient (Wildman–Crippen LogP) is 1.62. The fraction of sp³-hybridized carbons (Fsp3) is 0.250. The number of sulfone groups is 1. The number of hydrogen-bond acceptors (Lipinski definition) is 5. The first-order chi connectivity index (χ1) is 13.8. The summed E-state index contributed by atoms with van der Waals surface area (Å²) in [4.78, 5) is 37.8. The Kier molecular flexibility index (Phi) is 5.69. The maximum atomic E-state index is 12.7. The molecule has 0 unspecified atom stereocenters. The Labute approximate surface area is 167 Å². The molecular weight excluding hydrogens is 394 g/mol. The van der Waals surface area contributed by atoms with E-state index in [1.165, 1.54) is 28.8 Å². The van der Waals surface area contributed by atoms with E-state index in [4.69, 9.17) is 0 Å². The number of benzene rings is 2. The van der Waals surface area contributed by atoms with E-state index in [1.807, 2.05) is 0 Å². The van der Waals surface area contributed by atoms with Crippen molar-refractivity contribution in [3.8, 4) is 0 Å². The first-order valence-electron chi connectivity index (χ1n) is 9.13. The van der Waals surface area contributed by atoms with Crippen molar-refractivity contribution < 1.29 is 13.2 Å². The van der Waals surface area contributed by atoms with Gasteiger partial charge in [0, 0.05) is 12.2 Å². The molecule has 1 N–H and O–H groups in total. The molecule has 1 heterocycles. The molecule has 3 rings (SSSR count). The molecular formula is C20H21N3O5S. The van der Waals surface area contributed by atoms with Gasteiger partial charge in [-0.15, -0.1) is 0 Å². The SMILES string of the molecule is CCn1c(=O)c2ccccc2n(CC(=O)Nc2ccc(S(=O)(=O)CC)cc2)c1=O. The third-order valence-corrected chi connectivity index (χ3v) is 6.38. The molecule has 2 aromatic carbocycles. The molecule has 0 spiro atoms. The molecule has 8 nitrogen and oxygen atoms in total. The molecule has 29 heavy (non-hydrogen) atoms. The number of hydrogen-bond donors (Lipinski definition) is 1. The van der Waals surface area contributed by atoms with Crippen molar-refractivity contribution in [2.24, 2.45) is 0 Å². The van der Waals surface area contributed by atoms with Gasteiger partial charge in [-0.2, -0.15) is 0 Å². The Balaban J connectivity index is 1.91. The summed E-state index contributed by atoms with van der Waals surface area (Å²) in [7, 11) is -3.32. The minimum Gasteiger partial charge on any atom is -0.325 e. The summed E-state index contributed by atoms with van der Waals surface area (Å²) in [5.74, 6) is -0.480. The van der Waals surface area contributed by atoms with Crippen LogP contribution in [0, 0.1) is 0 Å². The van der Waals surface area contributed by atoms with Crippen LogP contribution in [0.15, 0.2) is 63.0 Å². The van der Waals surface area contributed by atoms with Crippen molar-refractivity contribution in [1.82, 2.24) is 9.13 Å². The van der Waals surface area contributed by atoms with E-state index in [0.29, 0.717) is 16.6 Å². The predicted molar refractivity (Wildman–Crippen MR) is 111 cm³/mol. The van der Waals surface area contributed by atoms with Gasteiger partial charge in [-0.1, -0.05) is 19.1 Å². The molecule has 0 radical (unpaired) electrons. The maximum absolute atomic E-state index is 12.7. The standard InChI is InChI=1S/C20H21N3O5S/c1-3-22-19(25)16-7-5-6-8-17(16)23(20(22)26)13-18(24)21-14-9-11-15(12-10-14)29(27,28)4-2/h5-12H,3-4,13H2,1-2H3,(H,21,24). The number of para-hydroxylation sites is 1. The average molecular weight is 415 g/mol. The fourth-order valence-electron chi connectivity index (χ4n) is 3.06. The van der Waals surface area contributed by atoms with Crippen LogP contribution in [0.25, 0.3) is 10.9 Å². The normalized spacial score (nSPS) is 11.5. The smallest absolute Gasteiger partial charge is 0.325 e. The monoisotopic (exact) mass is 415 g/mol. The zero-order valence-electron chi connectivity index (χ0n) is 16.1. The summed E-state index contributed by atoms with van der Waals surface area (Å²) in [6.45, 7) is 3.16. The van der Waals surface area contributed by atoms with E-state index in [-0.39, 0.29) is 23.7 Å². The third kappa shape index (κ3) is 4.00. The second-order valence-electron chi connectivity index (χ2n) is 6.41. The van der Waals surface area contributed by atoms with Gasteiger partial charge in [0.15, 0.2) is 9.84 Å². The van der Waals surface area contributed by atoms with Crippen LogP contribution >= 0.6 is 0 Å². The van der Waals surface area contributed by atoms with Crippen molar-refractivity contribution in [2.75, 3.05) is 11.1 Å². The van der Waals surface area contributed by atoms with Crippen LogP contribution in [0.3, 0.4) is 0 Å². The van der Waals surface area contributed by atoms with E-state index < -0.39 is 27.0 Å². The van der Waals surface area contributed by atoms with Crippen LogP contribution in [0.2, 0.25) is 0 Å². The molecule has 0 aliphatic rings. The first kappa shape index (κ1) is 20.5. The van der Waals surface area contributed by atoms with Crippen LogP contribution < -0.4 is 16.6 Å². The Morgan fingerprint density at radius 2 is 1.62 bits per heavy atom. The van der Waals surface area contributed by atoms with Gasteiger partial charge in [-0.05, 0) is 43.3 Å². The van der Waals surface area contributed by atoms with Gasteiger partial charge in [-0.25, -0.2) is 13.2 Å². The highest BCUT2D eigenvalue weighted by Gasteiger charge is 2.15. The van der Waals surface area contributed by atoms with Gasteiger partial charge < -0.3 is 5.32 Å². The molecule has 0 aliphatic heterocycles. The quantitative estimate of drug-likeness (QED) is 0.658. The Hall–Kier alpha value is -3.20. The van der Waals surface area contributed by atoms with Crippen molar-refractivity contribution in [3.63, 3.8) is 0 Å². The number of aromatic nitrogens is 2. The lowest BCUT2D eigenvalue weighted by Gasteiger charge is -2.13. The highest BCUT2D eigenvalue weighted by atomic mass is 32.2. The number of rotatable bonds is 6. The number of nitrogens with one attached hydrogen (secondary N) is 1. The number of carbonyl (C=O) groups is 1. The van der Waals surface area contributed by atoms with Crippen molar-refractivity contribution in [2.45, 2.75) is 31.8 Å². The molecule has 0 atom stereocenters. The highest BCUT2D eigenvalue weighted by molar-refractivity contribution is 7.91. The van der Waals surface area contributed by atoms with Gasteiger partial charge in [0.1, 0.15) is 6.54 Å². The molecule has 152 valence electrons. The van der Waals surface area contributed by atoms with Gasteiger partial charge in [0.25, 0.3) is 5.56 Å². The summed E-state index contributed by atoms with van der Waals surface area (Å²) in [5, 5.41) is 3.01. The minimum atomic E-state index is -3.32. The molecule has 0 fully saturated rings. The van der Waals surface area contributed by atoms with Crippen LogP contribution in [0.1, 0.15) is 13.8 Å². The summed E-state index contributed by atoms with van der Waals surface area (Å²) < 4.78 is 26.1. The second kappa shape index (κ2) is 8.04. The minimum absolute atomic E-state index is 0.0121. The van der Waals surface area contributed by atoms with Gasteiger partial charge in [-0.3, -0.25) is 18.7 Å². The zero-order chi connectivity index (χ0) is 21.2. The van der Waals surface area contributed by atoms with Crippen molar-refractivity contribution in [3.05, 3.63) is 69.4 Å². The van der Waals surface area contributed by atoms with Gasteiger partial charge >= 0.3 is 5.69 Å². The van der Waals surface area contributed by atoms with Crippen LogP contribution in [0.5, 0.6) is 0 Å². The lowest BCUT2D eigenvalue weighted by atomic mass is 10.2. The zero-order valence-corrected chi connectivity index (χ0v) is 16.9. The summed E-state index contributed by atoms with van der Waals surface area (Å²) in [5.41, 5.74) is -0.161. The molecule has 1 aromatic heterocycles. The topological polar surface area (TPSA) is 107 Å². The van der Waals surface area contributed by atoms with Gasteiger partial charge in [0.2, 0.25) is 5.91 Å². The van der Waals surface area contributed by atoms with Gasteiger partial charge in [0.05, 0.1) is 21.6 Å². The Morgan fingerprint density at radius 1 is 0.966 bits per heavy atom. The summed E-state index contributed by atoms with van der Waals surface area (Å²) >= 11 is 0. The number of nitrogens with zero attached hydrogens (tertiary/aromatic N) is 2. The Bertz CT molecular complexity index is 1290. The molecule has 3 aromatic rings. The highest BCUT2D eigenvalue weighted by Crippen LogP contribution is 2.15. The van der Waals surface area contributed by atoms with Crippen LogP contribution in [0.4, 0.5) is 5.69 Å². The molecule has 0 bridgehead atoms. The van der Waals surface area contributed by atoms with Crippen LogP contribution in [-0.2, 0) is 27.7 Å².